The molecule has 1 amide bonds. The zero-order valence-corrected chi connectivity index (χ0v) is 17.7. The number of carbonyl (C=O) groups excluding carboxylic acids is 1. The van der Waals surface area contributed by atoms with Gasteiger partial charge in [0.25, 0.3) is 5.56 Å². The number of halogens is 3. The number of hydrogen-bond acceptors (Lipinski definition) is 6. The molecule has 12 heteroatoms. The summed E-state index contributed by atoms with van der Waals surface area (Å²) < 4.78 is 18.9. The summed E-state index contributed by atoms with van der Waals surface area (Å²) in [6, 6.07) is 9.62. The average Bonchev–Trinajstić information content (AvgIpc) is 3.17. The third-order valence-electron chi connectivity index (χ3n) is 4.34. The number of aliphatic carboxylic acids is 1. The molecule has 3 aromatic rings. The number of rotatable bonds is 8. The molecular formula is C20H16Cl2FN3O6. The molecule has 0 saturated carbocycles. The fourth-order valence-electron chi connectivity index (χ4n) is 2.80. The number of nitrogens with one attached hydrogen (secondary N) is 2. The summed E-state index contributed by atoms with van der Waals surface area (Å²) in [5, 5.41) is 22.3. The number of amides is 1. The van der Waals surface area contributed by atoms with Crippen molar-refractivity contribution in [1.29, 1.82) is 0 Å². The van der Waals surface area contributed by atoms with E-state index in [1.165, 1.54) is 24.3 Å². The second-order valence-corrected chi connectivity index (χ2v) is 7.53. The van der Waals surface area contributed by atoms with Gasteiger partial charge in [-0.25, -0.2) is 14.2 Å². The van der Waals surface area contributed by atoms with E-state index in [9.17, 15) is 23.9 Å². The standard InChI is InChI=1S/C20H16Cl2FN3O6/c21-12-3-4-15(23)13(6-12)10-1-2-11(14(22)5-10)8-26(9-16(27)20(30)31)24-19(29)17-7-18(28)25-32-17/h1-7,16,27H,8-9H2,(H,24,29)(H,25,28)(H,30,31). The summed E-state index contributed by atoms with van der Waals surface area (Å²) in [5.74, 6) is -3.20. The number of hydrazine groups is 1. The minimum atomic E-state index is -1.83. The summed E-state index contributed by atoms with van der Waals surface area (Å²) >= 11 is 12.3. The predicted octanol–water partition coefficient (Wildman–Crippen LogP) is 2.67. The number of aliphatic hydroxyl groups is 1. The van der Waals surface area contributed by atoms with Crippen LogP contribution in [0.2, 0.25) is 10.0 Å². The predicted molar refractivity (Wildman–Crippen MR) is 113 cm³/mol. The van der Waals surface area contributed by atoms with Crippen molar-refractivity contribution in [2.75, 3.05) is 6.54 Å². The Morgan fingerprint density at radius 2 is 1.94 bits per heavy atom. The first-order chi connectivity index (χ1) is 15.1. The number of aromatic amines is 1. The van der Waals surface area contributed by atoms with Crippen molar-refractivity contribution in [1.82, 2.24) is 15.6 Å². The minimum absolute atomic E-state index is 0.123. The number of carbonyl (C=O) groups is 2. The van der Waals surface area contributed by atoms with Gasteiger partial charge in [0.1, 0.15) is 5.82 Å². The molecule has 32 heavy (non-hydrogen) atoms. The largest absolute Gasteiger partial charge is 0.479 e. The zero-order valence-electron chi connectivity index (χ0n) is 16.1. The normalized spacial score (nSPS) is 12.0. The van der Waals surface area contributed by atoms with Crippen molar-refractivity contribution in [2.45, 2.75) is 12.6 Å². The van der Waals surface area contributed by atoms with Crippen LogP contribution in [0.25, 0.3) is 11.1 Å². The van der Waals surface area contributed by atoms with Crippen LogP contribution in [0, 0.1) is 5.82 Å². The van der Waals surface area contributed by atoms with Crippen LogP contribution in [0.1, 0.15) is 16.1 Å². The van der Waals surface area contributed by atoms with Crippen LogP contribution in [0.4, 0.5) is 4.39 Å². The molecule has 168 valence electrons. The highest BCUT2D eigenvalue weighted by molar-refractivity contribution is 6.32. The van der Waals surface area contributed by atoms with Crippen molar-refractivity contribution in [3.05, 3.63) is 80.0 Å². The highest BCUT2D eigenvalue weighted by atomic mass is 35.5. The monoisotopic (exact) mass is 483 g/mol. The maximum absolute atomic E-state index is 14.1. The lowest BCUT2D eigenvalue weighted by Crippen LogP contribution is -2.47. The molecule has 0 aliphatic carbocycles. The van der Waals surface area contributed by atoms with E-state index in [2.05, 4.69) is 5.43 Å². The van der Waals surface area contributed by atoms with Crippen LogP contribution in [0.5, 0.6) is 0 Å². The van der Waals surface area contributed by atoms with E-state index in [1.54, 1.807) is 12.1 Å². The molecule has 0 bridgehead atoms. The van der Waals surface area contributed by atoms with Gasteiger partial charge in [-0.2, -0.15) is 5.16 Å². The topological polar surface area (TPSA) is 136 Å². The molecule has 3 rings (SSSR count). The zero-order chi connectivity index (χ0) is 23.4. The van der Waals surface area contributed by atoms with E-state index in [0.29, 0.717) is 16.1 Å². The molecule has 0 radical (unpaired) electrons. The Morgan fingerprint density at radius 3 is 2.56 bits per heavy atom. The van der Waals surface area contributed by atoms with Crippen molar-refractivity contribution in [3.63, 3.8) is 0 Å². The summed E-state index contributed by atoms with van der Waals surface area (Å²) in [4.78, 5) is 34.5. The Labute approximate surface area is 189 Å². The Bertz CT molecular complexity index is 1210. The SMILES string of the molecule is O=C(NN(Cc1ccc(-c2cc(Cl)ccc2F)cc1Cl)CC(O)C(=O)O)c1cc(=O)[nH]o1. The summed E-state index contributed by atoms with van der Waals surface area (Å²) in [5.41, 5.74) is 2.84. The van der Waals surface area contributed by atoms with E-state index in [0.717, 1.165) is 11.1 Å². The lowest BCUT2D eigenvalue weighted by Gasteiger charge is -2.24. The number of aromatic nitrogens is 1. The number of aliphatic hydroxyl groups excluding tert-OH is 1. The molecule has 1 atom stereocenters. The van der Waals surface area contributed by atoms with Crippen molar-refractivity contribution >= 4 is 35.1 Å². The first kappa shape index (κ1) is 23.5. The lowest BCUT2D eigenvalue weighted by molar-refractivity contribution is -0.148. The van der Waals surface area contributed by atoms with Gasteiger partial charge in [0, 0.05) is 22.2 Å². The Balaban J connectivity index is 1.84. The summed E-state index contributed by atoms with van der Waals surface area (Å²) in [7, 11) is 0. The molecule has 0 aliphatic heterocycles. The fourth-order valence-corrected chi connectivity index (χ4v) is 3.21. The minimum Gasteiger partial charge on any atom is -0.479 e. The molecule has 0 spiro atoms. The first-order valence-corrected chi connectivity index (χ1v) is 9.79. The number of H-pyrrole nitrogens is 1. The van der Waals surface area contributed by atoms with Gasteiger partial charge < -0.3 is 14.7 Å². The summed E-state index contributed by atoms with van der Waals surface area (Å²) in [6.07, 6.45) is -1.83. The van der Waals surface area contributed by atoms with Gasteiger partial charge in [0.15, 0.2) is 6.10 Å². The lowest BCUT2D eigenvalue weighted by atomic mass is 10.0. The number of carboxylic acid groups (broad SMARTS) is 1. The van der Waals surface area contributed by atoms with Crippen LogP contribution >= 0.6 is 23.2 Å². The van der Waals surface area contributed by atoms with Crippen LogP contribution < -0.4 is 11.0 Å². The molecule has 0 fully saturated rings. The molecule has 4 N–H and O–H groups in total. The molecule has 0 saturated heterocycles. The van der Waals surface area contributed by atoms with Crippen LogP contribution in [0.3, 0.4) is 0 Å². The van der Waals surface area contributed by atoms with E-state index in [1.807, 2.05) is 5.16 Å². The average molecular weight is 484 g/mol. The maximum atomic E-state index is 14.1. The maximum Gasteiger partial charge on any atom is 0.333 e. The molecule has 1 aromatic heterocycles. The molecular weight excluding hydrogens is 468 g/mol. The second-order valence-electron chi connectivity index (χ2n) is 6.68. The van der Waals surface area contributed by atoms with Gasteiger partial charge in [-0.15, -0.1) is 0 Å². The van der Waals surface area contributed by atoms with E-state index in [4.69, 9.17) is 32.8 Å². The molecule has 1 unspecified atom stereocenters. The van der Waals surface area contributed by atoms with Gasteiger partial charge in [0.2, 0.25) is 5.76 Å². The Kier molecular flexibility index (Phi) is 7.31. The first-order valence-electron chi connectivity index (χ1n) is 9.03. The number of carboxylic acids is 1. The van der Waals surface area contributed by atoms with E-state index < -0.39 is 35.9 Å². The van der Waals surface area contributed by atoms with Crippen LogP contribution in [0.15, 0.2) is 51.8 Å². The number of nitrogens with zero attached hydrogens (tertiary/aromatic N) is 1. The quantitative estimate of drug-likeness (QED) is 0.361. The molecule has 2 aromatic carbocycles. The highest BCUT2D eigenvalue weighted by Gasteiger charge is 2.22. The number of benzene rings is 2. The van der Waals surface area contributed by atoms with Gasteiger partial charge in [-0.05, 0) is 35.4 Å². The second kappa shape index (κ2) is 9.96. The van der Waals surface area contributed by atoms with Gasteiger partial charge in [-0.3, -0.25) is 15.0 Å². The third-order valence-corrected chi connectivity index (χ3v) is 4.93. The third kappa shape index (κ3) is 5.74. The van der Waals surface area contributed by atoms with Crippen LogP contribution in [-0.4, -0.2) is 44.9 Å². The molecule has 1 heterocycles. The van der Waals surface area contributed by atoms with Gasteiger partial charge >= 0.3 is 11.9 Å². The van der Waals surface area contributed by atoms with Crippen molar-refractivity contribution in [3.8, 4) is 11.1 Å². The Morgan fingerprint density at radius 1 is 1.19 bits per heavy atom. The van der Waals surface area contributed by atoms with Gasteiger partial charge in [-0.1, -0.05) is 35.3 Å². The van der Waals surface area contributed by atoms with Crippen molar-refractivity contribution < 1.29 is 28.7 Å². The highest BCUT2D eigenvalue weighted by Crippen LogP contribution is 2.30. The Hall–Kier alpha value is -3.18. The van der Waals surface area contributed by atoms with Crippen LogP contribution in [-0.2, 0) is 11.3 Å². The van der Waals surface area contributed by atoms with E-state index >= 15 is 0 Å². The number of hydrogen-bond donors (Lipinski definition) is 4. The molecule has 9 nitrogen and oxygen atoms in total. The fraction of sp³-hybridized carbons (Fsp3) is 0.150. The summed E-state index contributed by atoms with van der Waals surface area (Å²) in [6.45, 7) is -0.626. The van der Waals surface area contributed by atoms with Gasteiger partial charge in [0.05, 0.1) is 12.6 Å². The van der Waals surface area contributed by atoms with Crippen molar-refractivity contribution in [2.24, 2.45) is 0 Å². The smallest absolute Gasteiger partial charge is 0.333 e. The molecule has 0 aliphatic rings. The van der Waals surface area contributed by atoms with E-state index in [-0.39, 0.29) is 22.9 Å².